The molecule has 1 heterocycles. The Hall–Kier alpha value is -1.60. The molecule has 1 aromatic rings. The van der Waals surface area contributed by atoms with Crippen LogP contribution in [-0.2, 0) is 27.8 Å². The molecule has 1 aromatic carbocycles. The van der Waals surface area contributed by atoms with Crippen LogP contribution in [0.2, 0.25) is 0 Å². The first kappa shape index (κ1) is 18.7. The number of hydrogen-bond acceptors (Lipinski definition) is 4. The number of rotatable bonds is 7. The maximum absolute atomic E-state index is 12.5. The van der Waals surface area contributed by atoms with Gasteiger partial charge >= 0.3 is 0 Å². The predicted octanol–water partition coefficient (Wildman–Crippen LogP) is 1.55. The first-order valence-corrected chi connectivity index (χ1v) is 9.83. The van der Waals surface area contributed by atoms with E-state index in [4.69, 9.17) is 4.74 Å². The Bertz CT molecular complexity index is 686. The van der Waals surface area contributed by atoms with Crippen molar-refractivity contribution in [2.24, 2.45) is 5.92 Å². The summed E-state index contributed by atoms with van der Waals surface area (Å²) in [5, 5.41) is 2.68. The fourth-order valence-electron chi connectivity index (χ4n) is 2.76. The van der Waals surface area contributed by atoms with Crippen LogP contribution in [-0.4, -0.2) is 44.6 Å². The van der Waals surface area contributed by atoms with E-state index in [0.717, 1.165) is 16.9 Å². The highest BCUT2D eigenvalue weighted by Gasteiger charge is 2.26. The van der Waals surface area contributed by atoms with Gasteiger partial charge in [0.25, 0.3) is 0 Å². The summed E-state index contributed by atoms with van der Waals surface area (Å²) in [5.74, 6) is 0.883. The van der Waals surface area contributed by atoms with Gasteiger partial charge in [0.05, 0.1) is 12.9 Å². The first-order chi connectivity index (χ1) is 11.3. The Balaban J connectivity index is 1.92. The molecule has 0 aliphatic carbocycles. The average molecular weight is 354 g/mol. The van der Waals surface area contributed by atoms with Crippen LogP contribution in [0, 0.1) is 5.92 Å². The molecule has 0 atom stereocenters. The normalized spacial score (nSPS) is 15.2. The van der Waals surface area contributed by atoms with Gasteiger partial charge in [-0.05, 0) is 35.6 Å². The maximum Gasteiger partial charge on any atom is 0.220 e. The molecule has 0 saturated carbocycles. The highest BCUT2D eigenvalue weighted by molar-refractivity contribution is 7.89. The minimum absolute atomic E-state index is 0.0671. The Kier molecular flexibility index (Phi) is 6.23. The number of fused-ring (bicyclic) bond motifs is 1. The monoisotopic (exact) mass is 354 g/mol. The van der Waals surface area contributed by atoms with E-state index in [0.29, 0.717) is 25.9 Å². The SMILES string of the molecule is COc1ccc2c(c1)CCN(S(=O)(=O)CCNC(=O)CC(C)C)C2. The third kappa shape index (κ3) is 4.95. The lowest BCUT2D eigenvalue weighted by Crippen LogP contribution is -2.40. The van der Waals surface area contributed by atoms with Gasteiger partial charge in [-0.2, -0.15) is 4.31 Å². The first-order valence-electron chi connectivity index (χ1n) is 8.22. The van der Waals surface area contributed by atoms with Crippen molar-refractivity contribution in [2.45, 2.75) is 33.2 Å². The molecule has 1 aliphatic heterocycles. The second-order valence-corrected chi connectivity index (χ2v) is 8.57. The van der Waals surface area contributed by atoms with Crippen LogP contribution in [0.1, 0.15) is 31.4 Å². The summed E-state index contributed by atoms with van der Waals surface area (Å²) >= 11 is 0. The average Bonchev–Trinajstić information content (AvgIpc) is 2.52. The molecule has 0 fully saturated rings. The summed E-state index contributed by atoms with van der Waals surface area (Å²) in [6.45, 7) is 4.90. The topological polar surface area (TPSA) is 75.7 Å². The van der Waals surface area contributed by atoms with Crippen LogP contribution in [0.3, 0.4) is 0 Å². The van der Waals surface area contributed by atoms with E-state index in [1.54, 1.807) is 7.11 Å². The zero-order valence-electron chi connectivity index (χ0n) is 14.5. The molecule has 0 spiro atoms. The minimum Gasteiger partial charge on any atom is -0.497 e. The summed E-state index contributed by atoms with van der Waals surface area (Å²) in [6.07, 6.45) is 1.09. The van der Waals surface area contributed by atoms with Gasteiger partial charge in [0.2, 0.25) is 15.9 Å². The number of carbonyl (C=O) groups is 1. The van der Waals surface area contributed by atoms with Gasteiger partial charge in [-0.15, -0.1) is 0 Å². The molecule has 0 bridgehead atoms. The smallest absolute Gasteiger partial charge is 0.220 e. The van der Waals surface area contributed by atoms with Crippen LogP contribution in [0.4, 0.5) is 0 Å². The minimum atomic E-state index is -3.38. The number of nitrogens with zero attached hydrogens (tertiary/aromatic N) is 1. The Morgan fingerprint density at radius 3 is 2.75 bits per heavy atom. The summed E-state index contributed by atoms with van der Waals surface area (Å²) < 4.78 is 31.6. The fourth-order valence-corrected chi connectivity index (χ4v) is 4.08. The number of sulfonamides is 1. The number of benzene rings is 1. The maximum atomic E-state index is 12.5. The molecular weight excluding hydrogens is 328 g/mol. The van der Waals surface area contributed by atoms with Crippen molar-refractivity contribution >= 4 is 15.9 Å². The van der Waals surface area contributed by atoms with Crippen molar-refractivity contribution in [2.75, 3.05) is 26.0 Å². The van der Waals surface area contributed by atoms with Crippen LogP contribution in [0.5, 0.6) is 5.75 Å². The number of ether oxygens (including phenoxy) is 1. The molecule has 1 aliphatic rings. The van der Waals surface area contributed by atoms with E-state index in [1.165, 1.54) is 4.31 Å². The van der Waals surface area contributed by atoms with Gasteiger partial charge in [-0.3, -0.25) is 4.79 Å². The van der Waals surface area contributed by atoms with E-state index in [1.807, 2.05) is 32.0 Å². The van der Waals surface area contributed by atoms with Crippen molar-refractivity contribution in [1.29, 1.82) is 0 Å². The summed E-state index contributed by atoms with van der Waals surface area (Å²) in [5.41, 5.74) is 2.14. The summed E-state index contributed by atoms with van der Waals surface area (Å²) in [7, 11) is -1.76. The lowest BCUT2D eigenvalue weighted by atomic mass is 10.0. The molecular formula is C17H26N2O4S. The van der Waals surface area contributed by atoms with E-state index in [-0.39, 0.29) is 24.1 Å². The van der Waals surface area contributed by atoms with Crippen molar-refractivity contribution in [3.05, 3.63) is 29.3 Å². The van der Waals surface area contributed by atoms with Gasteiger partial charge in [0.1, 0.15) is 5.75 Å². The highest BCUT2D eigenvalue weighted by atomic mass is 32.2. The van der Waals surface area contributed by atoms with Crippen molar-refractivity contribution in [3.8, 4) is 5.75 Å². The van der Waals surface area contributed by atoms with E-state index >= 15 is 0 Å². The second kappa shape index (κ2) is 7.98. The molecule has 1 amide bonds. The lowest BCUT2D eigenvalue weighted by molar-refractivity contribution is -0.121. The molecule has 24 heavy (non-hydrogen) atoms. The third-order valence-electron chi connectivity index (χ3n) is 4.06. The molecule has 1 N–H and O–H groups in total. The molecule has 0 radical (unpaired) electrons. The Morgan fingerprint density at radius 1 is 1.33 bits per heavy atom. The summed E-state index contributed by atoms with van der Waals surface area (Å²) in [4.78, 5) is 11.6. The predicted molar refractivity (Wildman–Crippen MR) is 93.4 cm³/mol. The third-order valence-corrected chi connectivity index (χ3v) is 5.88. The standard InChI is InChI=1S/C17H26N2O4S/c1-13(2)10-17(20)18-7-9-24(21,22)19-8-6-14-11-16(23-3)5-4-15(14)12-19/h4-5,11,13H,6-10,12H2,1-3H3,(H,18,20). The second-order valence-electron chi connectivity index (χ2n) is 6.48. The van der Waals surface area contributed by atoms with Crippen LogP contribution in [0.25, 0.3) is 0 Å². The van der Waals surface area contributed by atoms with Gasteiger partial charge in [0, 0.05) is 26.1 Å². The highest BCUT2D eigenvalue weighted by Crippen LogP contribution is 2.25. The molecule has 0 saturated heterocycles. The molecule has 6 nitrogen and oxygen atoms in total. The zero-order chi connectivity index (χ0) is 17.7. The largest absolute Gasteiger partial charge is 0.497 e. The Morgan fingerprint density at radius 2 is 2.08 bits per heavy atom. The van der Waals surface area contributed by atoms with Crippen molar-refractivity contribution in [3.63, 3.8) is 0 Å². The van der Waals surface area contributed by atoms with E-state index in [2.05, 4.69) is 5.32 Å². The zero-order valence-corrected chi connectivity index (χ0v) is 15.4. The number of nitrogens with one attached hydrogen (secondary N) is 1. The van der Waals surface area contributed by atoms with Gasteiger partial charge < -0.3 is 10.1 Å². The van der Waals surface area contributed by atoms with Crippen LogP contribution < -0.4 is 10.1 Å². The lowest BCUT2D eigenvalue weighted by Gasteiger charge is -2.28. The molecule has 7 heteroatoms. The number of hydrogen-bond donors (Lipinski definition) is 1. The summed E-state index contributed by atoms with van der Waals surface area (Å²) in [6, 6.07) is 5.73. The van der Waals surface area contributed by atoms with Gasteiger partial charge in [-0.1, -0.05) is 19.9 Å². The molecule has 0 unspecified atom stereocenters. The number of methoxy groups -OCH3 is 1. The number of carbonyl (C=O) groups excluding carboxylic acids is 1. The van der Waals surface area contributed by atoms with E-state index < -0.39 is 10.0 Å². The fraction of sp³-hybridized carbons (Fsp3) is 0.588. The molecule has 2 rings (SSSR count). The van der Waals surface area contributed by atoms with E-state index in [9.17, 15) is 13.2 Å². The Labute approximate surface area is 144 Å². The quantitative estimate of drug-likeness (QED) is 0.806. The van der Waals surface area contributed by atoms with Crippen molar-refractivity contribution < 1.29 is 17.9 Å². The van der Waals surface area contributed by atoms with Crippen LogP contribution in [0.15, 0.2) is 18.2 Å². The molecule has 0 aromatic heterocycles. The van der Waals surface area contributed by atoms with Crippen molar-refractivity contribution in [1.82, 2.24) is 9.62 Å². The van der Waals surface area contributed by atoms with Crippen LogP contribution >= 0.6 is 0 Å². The van der Waals surface area contributed by atoms with Gasteiger partial charge in [0.15, 0.2) is 0 Å². The molecule has 134 valence electrons. The number of amides is 1. The van der Waals surface area contributed by atoms with Gasteiger partial charge in [-0.25, -0.2) is 8.42 Å².